The van der Waals surface area contributed by atoms with E-state index in [-0.39, 0.29) is 43.6 Å². The number of anilines is 1. The zero-order valence-electron chi connectivity index (χ0n) is 23.9. The van der Waals surface area contributed by atoms with E-state index in [4.69, 9.17) is 11.3 Å². The lowest BCUT2D eigenvalue weighted by molar-refractivity contribution is -0.136. The number of piperazine rings is 1. The van der Waals surface area contributed by atoms with Gasteiger partial charge in [0.05, 0.1) is 13.1 Å². The highest BCUT2D eigenvalue weighted by Crippen LogP contribution is 2.34. The van der Waals surface area contributed by atoms with Crippen molar-refractivity contribution in [3.8, 4) is 5.75 Å². The third-order valence-electron chi connectivity index (χ3n) is 8.48. The first-order valence-electron chi connectivity index (χ1n) is 14.4. The molecule has 0 radical (unpaired) electrons. The lowest BCUT2D eigenvalue weighted by Crippen LogP contribution is -2.52. The van der Waals surface area contributed by atoms with E-state index in [1.807, 2.05) is 25.1 Å². The first-order chi connectivity index (χ1) is 20.8. The van der Waals surface area contributed by atoms with Crippen LogP contribution < -0.4 is 15.0 Å². The number of fused-ring (bicyclic) bond motifs is 1. The van der Waals surface area contributed by atoms with Crippen LogP contribution in [0, 0.1) is 19.3 Å². The van der Waals surface area contributed by atoms with Gasteiger partial charge in [-0.3, -0.25) is 24.6 Å². The van der Waals surface area contributed by atoms with Crippen molar-refractivity contribution >= 4 is 29.1 Å². The molecule has 0 unspecified atom stereocenters. The summed E-state index contributed by atoms with van der Waals surface area (Å²) >= 11 is 0. The quantitative estimate of drug-likeness (QED) is 0.330. The predicted molar refractivity (Wildman–Crippen MR) is 158 cm³/mol. The number of piperidine rings is 1. The predicted octanol–water partition coefficient (Wildman–Crippen LogP) is 4.35. The van der Waals surface area contributed by atoms with Crippen LogP contribution in [0.5, 0.6) is 5.75 Å². The Hall–Kier alpha value is -4.75. The lowest BCUT2D eigenvalue weighted by atomic mass is 10.0. The maximum absolute atomic E-state index is 15.1. The Morgan fingerprint density at radius 2 is 1.86 bits per heavy atom. The van der Waals surface area contributed by atoms with Gasteiger partial charge in [-0.15, -0.1) is 0 Å². The summed E-state index contributed by atoms with van der Waals surface area (Å²) in [7, 11) is 0. The Kier molecular flexibility index (Phi) is 7.82. The van der Waals surface area contributed by atoms with Crippen molar-refractivity contribution in [1.82, 2.24) is 15.1 Å². The van der Waals surface area contributed by atoms with Crippen molar-refractivity contribution in [3.05, 3.63) is 99.6 Å². The van der Waals surface area contributed by atoms with Gasteiger partial charge in [0, 0.05) is 61.5 Å². The van der Waals surface area contributed by atoms with Gasteiger partial charge < -0.3 is 14.5 Å². The van der Waals surface area contributed by atoms with Gasteiger partial charge in [0.1, 0.15) is 24.2 Å². The Morgan fingerprint density at radius 1 is 1.05 bits per heavy atom. The summed E-state index contributed by atoms with van der Waals surface area (Å²) in [5, 5.41) is 2.31. The van der Waals surface area contributed by atoms with Crippen molar-refractivity contribution in [2.24, 2.45) is 0 Å². The van der Waals surface area contributed by atoms with E-state index in [0.29, 0.717) is 34.7 Å². The smallest absolute Gasteiger partial charge is 0.255 e. The zero-order valence-corrected chi connectivity index (χ0v) is 23.9. The number of hydrogen-bond acceptors (Lipinski definition) is 6. The Labute approximate surface area is 249 Å². The van der Waals surface area contributed by atoms with E-state index in [1.165, 1.54) is 4.90 Å². The molecule has 3 amide bonds. The first-order valence-corrected chi connectivity index (χ1v) is 14.4. The second kappa shape index (κ2) is 11.9. The van der Waals surface area contributed by atoms with Gasteiger partial charge in [-0.05, 0) is 54.8 Å². The molecule has 0 aliphatic carbocycles. The number of rotatable bonds is 7. The fraction of sp³-hybridized carbons (Fsp3) is 0.333. The third kappa shape index (κ3) is 5.81. The molecule has 10 heteroatoms. The van der Waals surface area contributed by atoms with Crippen molar-refractivity contribution in [3.63, 3.8) is 0 Å². The highest BCUT2D eigenvalue weighted by molar-refractivity contribution is 6.05. The van der Waals surface area contributed by atoms with Crippen LogP contribution in [0.1, 0.15) is 45.5 Å². The van der Waals surface area contributed by atoms with Crippen LogP contribution in [0.2, 0.25) is 0 Å². The van der Waals surface area contributed by atoms with E-state index in [1.54, 1.807) is 30.3 Å². The molecular weight excluding hydrogens is 549 g/mol. The molecule has 0 aromatic heterocycles. The average molecular weight is 582 g/mol. The van der Waals surface area contributed by atoms with E-state index >= 15 is 4.39 Å². The molecule has 220 valence electrons. The lowest BCUT2D eigenvalue weighted by Gasteiger charge is -2.36. The summed E-state index contributed by atoms with van der Waals surface area (Å²) in [6.45, 7) is 13.5. The van der Waals surface area contributed by atoms with Crippen LogP contribution in [0.15, 0.2) is 54.6 Å². The minimum Gasteiger partial charge on any atom is -0.488 e. The monoisotopic (exact) mass is 581 g/mol. The zero-order chi connectivity index (χ0) is 30.1. The summed E-state index contributed by atoms with van der Waals surface area (Å²) in [4.78, 5) is 46.6. The van der Waals surface area contributed by atoms with Crippen LogP contribution in [-0.2, 0) is 29.3 Å². The number of carbonyl (C=O) groups excluding carboxylic acids is 3. The number of ether oxygens (including phenoxy) is 1. The standard InChI is InChI=1S/C33H32FN5O4/c1-21-16-24(8-9-28(21)35-2)38-14-12-37(13-15-38)18-22-6-7-23(27(34)17-22)20-43-30-5-3-4-25-26(30)19-39(33(25)42)29-10-11-31(40)36-32(29)41/h3-9,16-17,29H,10-15,18-20H2,1H3,(H,36,40,41)/t29-/m0/s1. The molecule has 0 saturated carbocycles. The number of nitrogens with one attached hydrogen (secondary N) is 1. The Bertz CT molecular complexity index is 1640. The molecule has 0 spiro atoms. The number of aryl methyl sites for hydroxylation is 1. The number of carbonyl (C=O) groups is 3. The number of nitrogens with zero attached hydrogens (tertiary/aromatic N) is 4. The number of amides is 3. The molecule has 3 aliphatic heterocycles. The minimum atomic E-state index is -0.709. The molecule has 2 saturated heterocycles. The normalized spacial score (nSPS) is 18.8. The highest BCUT2D eigenvalue weighted by atomic mass is 19.1. The summed E-state index contributed by atoms with van der Waals surface area (Å²) < 4.78 is 21.1. The number of hydrogen-bond donors (Lipinski definition) is 1. The van der Waals surface area contributed by atoms with Gasteiger partial charge in [-0.2, -0.15) is 0 Å². The summed E-state index contributed by atoms with van der Waals surface area (Å²) in [6, 6.07) is 15.6. The fourth-order valence-corrected chi connectivity index (χ4v) is 6.04. The van der Waals surface area contributed by atoms with E-state index in [9.17, 15) is 14.4 Å². The van der Waals surface area contributed by atoms with Crippen LogP contribution in [0.3, 0.4) is 0 Å². The molecule has 3 aromatic carbocycles. The van der Waals surface area contributed by atoms with Crippen molar-refractivity contribution in [2.45, 2.75) is 45.5 Å². The summed E-state index contributed by atoms with van der Waals surface area (Å²) in [6.07, 6.45) is 0.468. The number of halogens is 1. The molecule has 3 aromatic rings. The van der Waals surface area contributed by atoms with Crippen molar-refractivity contribution in [1.29, 1.82) is 0 Å². The molecule has 3 heterocycles. The molecule has 1 atom stereocenters. The second-order valence-corrected chi connectivity index (χ2v) is 11.2. The highest BCUT2D eigenvalue weighted by Gasteiger charge is 2.40. The van der Waals surface area contributed by atoms with Gasteiger partial charge in [0.15, 0.2) is 5.69 Å². The summed E-state index contributed by atoms with van der Waals surface area (Å²) in [5.74, 6) is -0.951. The topological polar surface area (TPSA) is 86.6 Å². The van der Waals surface area contributed by atoms with Gasteiger partial charge in [-0.1, -0.05) is 24.3 Å². The van der Waals surface area contributed by atoms with E-state index < -0.39 is 11.9 Å². The maximum Gasteiger partial charge on any atom is 0.255 e. The second-order valence-electron chi connectivity index (χ2n) is 11.2. The van der Waals surface area contributed by atoms with Gasteiger partial charge >= 0.3 is 0 Å². The van der Waals surface area contributed by atoms with Gasteiger partial charge in [0.2, 0.25) is 11.8 Å². The molecule has 43 heavy (non-hydrogen) atoms. The van der Waals surface area contributed by atoms with Crippen LogP contribution in [0.4, 0.5) is 15.8 Å². The SMILES string of the molecule is [C-]#[N+]c1ccc(N2CCN(Cc3ccc(COc4cccc5c4CN([C@H]4CCC(=O)NC4=O)C5=O)c(F)c3)CC2)cc1C. The minimum absolute atomic E-state index is 0.000443. The molecule has 9 nitrogen and oxygen atoms in total. The largest absolute Gasteiger partial charge is 0.488 e. The van der Waals surface area contributed by atoms with E-state index in [0.717, 1.165) is 43.0 Å². The van der Waals surface area contributed by atoms with Gasteiger partial charge in [-0.25, -0.2) is 9.24 Å². The van der Waals surface area contributed by atoms with Gasteiger partial charge in [0.25, 0.3) is 5.91 Å². The first kappa shape index (κ1) is 28.4. The maximum atomic E-state index is 15.1. The van der Waals surface area contributed by atoms with Crippen LogP contribution in [0.25, 0.3) is 4.85 Å². The third-order valence-corrected chi connectivity index (χ3v) is 8.48. The Morgan fingerprint density at radius 3 is 2.58 bits per heavy atom. The van der Waals surface area contributed by atoms with E-state index in [2.05, 4.69) is 26.0 Å². The molecule has 1 N–H and O–H groups in total. The number of benzene rings is 3. The number of imide groups is 1. The average Bonchev–Trinajstić information content (AvgIpc) is 3.33. The van der Waals surface area contributed by atoms with Crippen molar-refractivity contribution < 1.29 is 23.5 Å². The van der Waals surface area contributed by atoms with Crippen LogP contribution >= 0.6 is 0 Å². The van der Waals surface area contributed by atoms with Crippen LogP contribution in [-0.4, -0.2) is 59.7 Å². The molecule has 6 rings (SSSR count). The van der Waals surface area contributed by atoms with Crippen molar-refractivity contribution in [2.75, 3.05) is 31.1 Å². The molecule has 2 fully saturated rings. The molecule has 3 aliphatic rings. The molecular formula is C33H32FN5O4. The molecule has 0 bridgehead atoms. The fourth-order valence-electron chi connectivity index (χ4n) is 6.04. The summed E-state index contributed by atoms with van der Waals surface area (Å²) in [5.41, 5.74) is 5.19. The Balaban J connectivity index is 1.05.